The Morgan fingerprint density at radius 1 is 0.935 bits per heavy atom. The molecule has 1 heterocycles. The molecule has 156 valence electrons. The van der Waals surface area contributed by atoms with Crippen LogP contribution < -0.4 is 9.50 Å². The van der Waals surface area contributed by atoms with E-state index in [0.29, 0.717) is 10.1 Å². The lowest BCUT2D eigenvalue weighted by atomic mass is 10.2. The monoisotopic (exact) mass is 450 g/mol. The molecule has 0 spiro atoms. The molecule has 1 amide bonds. The van der Waals surface area contributed by atoms with Gasteiger partial charge in [0, 0.05) is 0 Å². The largest absolute Gasteiger partial charge is 0.379 e. The molecule has 0 aliphatic carbocycles. The van der Waals surface area contributed by atoms with Gasteiger partial charge in [-0.3, -0.25) is 4.79 Å². The Morgan fingerprint density at radius 2 is 1.61 bits per heavy atom. The van der Waals surface area contributed by atoms with Gasteiger partial charge in [-0.25, -0.2) is 4.99 Å². The minimum absolute atomic E-state index is 0.0913. The summed E-state index contributed by atoms with van der Waals surface area (Å²) in [4.78, 5) is 17.2. The summed E-state index contributed by atoms with van der Waals surface area (Å²) in [5.41, 5.74) is 2.45. The van der Waals surface area contributed by atoms with Crippen molar-refractivity contribution in [2.45, 2.75) is 11.8 Å². The van der Waals surface area contributed by atoms with E-state index < -0.39 is 10.1 Å². The van der Waals surface area contributed by atoms with Gasteiger partial charge in [0.25, 0.3) is 5.91 Å². The number of amides is 1. The van der Waals surface area contributed by atoms with Gasteiger partial charge in [0.1, 0.15) is 10.6 Å². The van der Waals surface area contributed by atoms with Crippen LogP contribution in [0.3, 0.4) is 0 Å². The lowest BCUT2D eigenvalue weighted by Gasteiger charge is -2.07. The van der Waals surface area contributed by atoms with Gasteiger partial charge in [0.05, 0.1) is 10.6 Å². The third-order valence-corrected chi connectivity index (χ3v) is 6.50. The van der Waals surface area contributed by atoms with Crippen molar-refractivity contribution in [1.82, 2.24) is 5.32 Å². The normalized spacial score (nSPS) is 16.5. The van der Waals surface area contributed by atoms with E-state index in [1.807, 2.05) is 37.3 Å². The lowest BCUT2D eigenvalue weighted by Crippen LogP contribution is -2.19. The highest BCUT2D eigenvalue weighted by molar-refractivity contribution is 8.18. The van der Waals surface area contributed by atoms with Crippen LogP contribution in [-0.4, -0.2) is 19.5 Å². The van der Waals surface area contributed by atoms with Gasteiger partial charge in [-0.2, -0.15) is 8.42 Å². The maximum absolute atomic E-state index is 12.4. The molecule has 4 rings (SSSR count). The molecule has 3 aromatic carbocycles. The summed E-state index contributed by atoms with van der Waals surface area (Å²) >= 11 is 1.24. The average molecular weight is 451 g/mol. The molecule has 1 aliphatic heterocycles. The first-order valence-corrected chi connectivity index (χ1v) is 11.6. The first-order valence-electron chi connectivity index (χ1n) is 9.35. The van der Waals surface area contributed by atoms with Crippen molar-refractivity contribution < 1.29 is 17.4 Å². The zero-order chi connectivity index (χ0) is 21.8. The summed E-state index contributed by atoms with van der Waals surface area (Å²) < 4.78 is 30.0. The van der Waals surface area contributed by atoms with Gasteiger partial charge in [0.15, 0.2) is 5.17 Å². The predicted molar refractivity (Wildman–Crippen MR) is 123 cm³/mol. The molecule has 0 bridgehead atoms. The van der Waals surface area contributed by atoms with Crippen molar-refractivity contribution >= 4 is 44.7 Å². The molecule has 3 aromatic rings. The summed E-state index contributed by atoms with van der Waals surface area (Å²) in [6.07, 6.45) is 1.71. The number of amidine groups is 1. The van der Waals surface area contributed by atoms with Gasteiger partial charge in [-0.15, -0.1) is 0 Å². The SMILES string of the molecule is Cc1ccc(S(=O)(=O)Oc2ccc(/C=C3\SC(=Nc4ccccc4)NC3=O)cc2)cc1. The van der Waals surface area contributed by atoms with Crippen LogP contribution in [0.1, 0.15) is 11.1 Å². The second-order valence-corrected chi connectivity index (χ2v) is 9.31. The maximum atomic E-state index is 12.4. The Kier molecular flexibility index (Phi) is 5.92. The van der Waals surface area contributed by atoms with Crippen LogP contribution in [0.15, 0.2) is 93.7 Å². The smallest absolute Gasteiger partial charge is 0.339 e. The van der Waals surface area contributed by atoms with Crippen molar-refractivity contribution in [3.05, 3.63) is 94.9 Å². The predicted octanol–water partition coefficient (Wildman–Crippen LogP) is 4.65. The van der Waals surface area contributed by atoms with E-state index in [0.717, 1.165) is 16.8 Å². The van der Waals surface area contributed by atoms with Gasteiger partial charge in [0.2, 0.25) is 0 Å². The Labute approximate surface area is 184 Å². The maximum Gasteiger partial charge on any atom is 0.339 e. The quantitative estimate of drug-likeness (QED) is 0.452. The highest BCUT2D eigenvalue weighted by Crippen LogP contribution is 2.28. The molecule has 0 unspecified atom stereocenters. The van der Waals surface area contributed by atoms with E-state index in [-0.39, 0.29) is 16.6 Å². The fourth-order valence-electron chi connectivity index (χ4n) is 2.75. The first-order chi connectivity index (χ1) is 14.9. The Hall–Kier alpha value is -3.36. The molecule has 31 heavy (non-hydrogen) atoms. The van der Waals surface area contributed by atoms with Crippen molar-refractivity contribution in [3.8, 4) is 5.75 Å². The van der Waals surface area contributed by atoms with E-state index >= 15 is 0 Å². The number of hydrogen-bond donors (Lipinski definition) is 1. The van der Waals surface area contributed by atoms with E-state index in [9.17, 15) is 13.2 Å². The van der Waals surface area contributed by atoms with Gasteiger partial charge in [-0.05, 0) is 66.7 Å². The summed E-state index contributed by atoms with van der Waals surface area (Å²) in [7, 11) is -3.91. The number of aryl methyl sites for hydroxylation is 1. The molecular weight excluding hydrogens is 432 g/mol. The van der Waals surface area contributed by atoms with Gasteiger partial charge >= 0.3 is 10.1 Å². The third kappa shape index (κ3) is 5.22. The van der Waals surface area contributed by atoms with Gasteiger partial charge in [-0.1, -0.05) is 48.0 Å². The Balaban J connectivity index is 1.47. The van der Waals surface area contributed by atoms with Crippen LogP contribution in [-0.2, 0) is 14.9 Å². The standard InChI is InChI=1S/C23H18N2O4S2/c1-16-7-13-20(14-8-16)31(27,28)29-19-11-9-17(10-12-19)15-21-22(26)25-23(30-21)24-18-5-3-2-4-6-18/h2-15H,1H3,(H,24,25,26)/b21-15-. The van der Waals surface area contributed by atoms with Crippen molar-refractivity contribution in [1.29, 1.82) is 0 Å². The fourth-order valence-corrected chi connectivity index (χ4v) is 4.52. The number of para-hydroxylation sites is 1. The summed E-state index contributed by atoms with van der Waals surface area (Å²) in [5, 5.41) is 3.25. The van der Waals surface area contributed by atoms with Crippen LogP contribution in [0, 0.1) is 6.92 Å². The molecule has 8 heteroatoms. The molecule has 0 aromatic heterocycles. The number of aliphatic imine (C=N–C) groups is 1. The summed E-state index contributed by atoms with van der Waals surface area (Å²) in [6, 6.07) is 22.3. The van der Waals surface area contributed by atoms with Crippen LogP contribution >= 0.6 is 11.8 Å². The lowest BCUT2D eigenvalue weighted by molar-refractivity contribution is -0.115. The molecule has 0 radical (unpaired) electrons. The number of hydrogen-bond acceptors (Lipinski definition) is 6. The molecule has 6 nitrogen and oxygen atoms in total. The fraction of sp³-hybridized carbons (Fsp3) is 0.0435. The Bertz CT molecular complexity index is 1270. The minimum Gasteiger partial charge on any atom is -0.379 e. The third-order valence-electron chi connectivity index (χ3n) is 4.33. The number of carbonyl (C=O) groups is 1. The van der Waals surface area contributed by atoms with Crippen LogP contribution in [0.5, 0.6) is 5.75 Å². The summed E-state index contributed by atoms with van der Waals surface area (Å²) in [5.74, 6) is -0.0421. The van der Waals surface area contributed by atoms with Crippen molar-refractivity contribution in [2.24, 2.45) is 4.99 Å². The van der Waals surface area contributed by atoms with E-state index in [2.05, 4.69) is 10.3 Å². The van der Waals surface area contributed by atoms with Crippen LogP contribution in [0.25, 0.3) is 6.08 Å². The first kappa shape index (κ1) is 20.9. The number of benzene rings is 3. The van der Waals surface area contributed by atoms with E-state index in [1.54, 1.807) is 42.5 Å². The molecule has 1 N–H and O–H groups in total. The average Bonchev–Trinajstić information content (AvgIpc) is 3.09. The number of rotatable bonds is 5. The molecule has 1 aliphatic rings. The van der Waals surface area contributed by atoms with Crippen molar-refractivity contribution in [2.75, 3.05) is 0 Å². The summed E-state index contributed by atoms with van der Waals surface area (Å²) in [6.45, 7) is 1.88. The second-order valence-electron chi connectivity index (χ2n) is 6.74. The number of carbonyl (C=O) groups excluding carboxylic acids is 1. The highest BCUT2D eigenvalue weighted by Gasteiger charge is 2.24. The Morgan fingerprint density at radius 3 is 2.29 bits per heavy atom. The topological polar surface area (TPSA) is 84.8 Å². The number of nitrogens with zero attached hydrogens (tertiary/aromatic N) is 1. The van der Waals surface area contributed by atoms with E-state index in [4.69, 9.17) is 4.18 Å². The molecule has 0 atom stereocenters. The zero-order valence-corrected chi connectivity index (χ0v) is 18.1. The molecule has 0 saturated carbocycles. The van der Waals surface area contributed by atoms with Gasteiger partial charge < -0.3 is 9.50 Å². The number of thioether (sulfide) groups is 1. The zero-order valence-electron chi connectivity index (χ0n) is 16.5. The molecular formula is C23H18N2O4S2. The minimum atomic E-state index is -3.91. The second kappa shape index (κ2) is 8.79. The molecule has 1 fully saturated rings. The van der Waals surface area contributed by atoms with Crippen LogP contribution in [0.4, 0.5) is 5.69 Å². The highest BCUT2D eigenvalue weighted by atomic mass is 32.2. The van der Waals surface area contributed by atoms with Crippen LogP contribution in [0.2, 0.25) is 0 Å². The number of nitrogens with one attached hydrogen (secondary N) is 1. The van der Waals surface area contributed by atoms with Crippen molar-refractivity contribution in [3.63, 3.8) is 0 Å². The van der Waals surface area contributed by atoms with E-state index in [1.165, 1.54) is 23.9 Å². The molecule has 1 saturated heterocycles.